The van der Waals surface area contributed by atoms with Crippen molar-refractivity contribution in [1.29, 1.82) is 0 Å². The summed E-state index contributed by atoms with van der Waals surface area (Å²) in [7, 11) is 0. The number of carbonyl (C=O) groups is 1. The number of rotatable bonds is 5. The predicted octanol–water partition coefficient (Wildman–Crippen LogP) is 2.59. The number of carbonyl (C=O) groups excluding carboxylic acids is 1. The van der Waals surface area contributed by atoms with Crippen LogP contribution in [0.5, 0.6) is 0 Å². The van der Waals surface area contributed by atoms with Gasteiger partial charge in [-0.2, -0.15) is 0 Å². The van der Waals surface area contributed by atoms with Gasteiger partial charge in [0, 0.05) is 12.9 Å². The van der Waals surface area contributed by atoms with Gasteiger partial charge in [-0.05, 0) is 6.42 Å². The standard InChI is InChI=1S/C8H16O2S/c1-3-4-5-6-7(2)8(9)10-11/h7,11H,3-6H2,1-2H3. The molecule has 0 aromatic carbocycles. The molecule has 2 nitrogen and oxygen atoms in total. The van der Waals surface area contributed by atoms with Gasteiger partial charge in [0.2, 0.25) is 0 Å². The molecule has 0 spiro atoms. The molecule has 0 aliphatic carbocycles. The summed E-state index contributed by atoms with van der Waals surface area (Å²) in [5.74, 6) is -0.219. The SMILES string of the molecule is CCCCCC(C)C(=O)OS. The molecule has 0 bridgehead atoms. The Balaban J connectivity index is 3.36. The van der Waals surface area contributed by atoms with Crippen LogP contribution in [0.1, 0.15) is 39.5 Å². The number of hydrogen-bond donors (Lipinski definition) is 1. The third kappa shape index (κ3) is 5.13. The van der Waals surface area contributed by atoms with Crippen LogP contribution in [0.3, 0.4) is 0 Å². The third-order valence-corrected chi connectivity index (χ3v) is 1.91. The van der Waals surface area contributed by atoms with E-state index in [2.05, 4.69) is 24.0 Å². The minimum Gasteiger partial charge on any atom is -0.394 e. The summed E-state index contributed by atoms with van der Waals surface area (Å²) in [4.78, 5) is 10.8. The molecule has 0 aliphatic rings. The fourth-order valence-corrected chi connectivity index (χ4v) is 1.09. The summed E-state index contributed by atoms with van der Waals surface area (Å²) >= 11 is 3.45. The molecule has 0 heterocycles. The van der Waals surface area contributed by atoms with E-state index in [4.69, 9.17) is 0 Å². The van der Waals surface area contributed by atoms with Crippen molar-refractivity contribution in [2.24, 2.45) is 5.92 Å². The Morgan fingerprint density at radius 2 is 2.18 bits per heavy atom. The van der Waals surface area contributed by atoms with Gasteiger partial charge >= 0.3 is 5.97 Å². The first-order valence-corrected chi connectivity index (χ1v) is 4.44. The van der Waals surface area contributed by atoms with Crippen LogP contribution in [0.4, 0.5) is 0 Å². The topological polar surface area (TPSA) is 26.3 Å². The predicted molar refractivity (Wildman–Crippen MR) is 48.4 cm³/mol. The van der Waals surface area contributed by atoms with Gasteiger partial charge in [-0.25, -0.2) is 0 Å². The van der Waals surface area contributed by atoms with Crippen molar-refractivity contribution >= 4 is 18.9 Å². The molecule has 0 amide bonds. The Bertz CT molecular complexity index is 115. The molecule has 3 heteroatoms. The number of thiol groups is 1. The molecular formula is C8H16O2S. The molecule has 0 aliphatic heterocycles. The van der Waals surface area contributed by atoms with Crippen LogP contribution in [0.25, 0.3) is 0 Å². The van der Waals surface area contributed by atoms with Crippen molar-refractivity contribution in [2.45, 2.75) is 39.5 Å². The normalized spacial score (nSPS) is 12.6. The summed E-state index contributed by atoms with van der Waals surface area (Å²) < 4.78 is 4.30. The van der Waals surface area contributed by atoms with Gasteiger partial charge in [0.15, 0.2) is 0 Å². The maximum Gasteiger partial charge on any atom is 0.320 e. The molecular weight excluding hydrogens is 160 g/mol. The van der Waals surface area contributed by atoms with Crippen LogP contribution in [-0.4, -0.2) is 5.97 Å². The maximum atomic E-state index is 10.8. The third-order valence-electron chi connectivity index (χ3n) is 1.73. The summed E-state index contributed by atoms with van der Waals surface area (Å²) in [5, 5.41) is 0. The zero-order chi connectivity index (χ0) is 8.69. The van der Waals surface area contributed by atoms with Crippen molar-refractivity contribution in [3.63, 3.8) is 0 Å². The lowest BCUT2D eigenvalue weighted by Crippen LogP contribution is -2.10. The molecule has 1 unspecified atom stereocenters. The second-order valence-corrected chi connectivity index (χ2v) is 2.99. The summed E-state index contributed by atoms with van der Waals surface area (Å²) in [6, 6.07) is 0. The van der Waals surface area contributed by atoms with Crippen molar-refractivity contribution in [1.82, 2.24) is 0 Å². The van der Waals surface area contributed by atoms with Gasteiger partial charge in [0.1, 0.15) is 0 Å². The first kappa shape index (κ1) is 10.8. The average molecular weight is 176 g/mol. The first-order valence-electron chi connectivity index (χ1n) is 4.07. The molecule has 0 aromatic heterocycles. The molecule has 11 heavy (non-hydrogen) atoms. The minimum atomic E-state index is -0.218. The molecule has 0 fully saturated rings. The van der Waals surface area contributed by atoms with Crippen molar-refractivity contribution in [3.8, 4) is 0 Å². The lowest BCUT2D eigenvalue weighted by molar-refractivity contribution is -0.137. The molecule has 1 atom stereocenters. The quantitative estimate of drug-likeness (QED) is 0.396. The van der Waals surface area contributed by atoms with E-state index in [0.29, 0.717) is 0 Å². The highest BCUT2D eigenvalue weighted by Gasteiger charge is 2.11. The summed E-state index contributed by atoms with van der Waals surface area (Å²) in [6.07, 6.45) is 4.38. The van der Waals surface area contributed by atoms with E-state index < -0.39 is 0 Å². The highest BCUT2D eigenvalue weighted by atomic mass is 32.1. The van der Waals surface area contributed by atoms with Crippen molar-refractivity contribution in [3.05, 3.63) is 0 Å². The van der Waals surface area contributed by atoms with E-state index in [1.165, 1.54) is 12.8 Å². The van der Waals surface area contributed by atoms with Crippen molar-refractivity contribution in [2.75, 3.05) is 0 Å². The minimum absolute atomic E-state index is 0.000880. The molecule has 0 radical (unpaired) electrons. The Kier molecular flexibility index (Phi) is 6.42. The summed E-state index contributed by atoms with van der Waals surface area (Å²) in [5.41, 5.74) is 0. The second kappa shape index (κ2) is 6.53. The van der Waals surface area contributed by atoms with Crippen LogP contribution in [0.15, 0.2) is 0 Å². The highest BCUT2D eigenvalue weighted by Crippen LogP contribution is 2.11. The molecule has 0 N–H and O–H groups in total. The van der Waals surface area contributed by atoms with E-state index in [1.807, 2.05) is 6.92 Å². The molecule has 0 aromatic rings. The van der Waals surface area contributed by atoms with Gasteiger partial charge in [-0.1, -0.05) is 33.1 Å². The van der Waals surface area contributed by atoms with Crippen LogP contribution in [0, 0.1) is 5.92 Å². The van der Waals surface area contributed by atoms with Crippen LogP contribution in [-0.2, 0) is 8.98 Å². The van der Waals surface area contributed by atoms with Gasteiger partial charge in [0.05, 0.1) is 5.92 Å². The monoisotopic (exact) mass is 176 g/mol. The van der Waals surface area contributed by atoms with E-state index in [-0.39, 0.29) is 11.9 Å². The van der Waals surface area contributed by atoms with E-state index in [0.717, 1.165) is 12.8 Å². The Hall–Kier alpha value is -0.180. The Morgan fingerprint density at radius 3 is 2.64 bits per heavy atom. The number of unbranched alkanes of at least 4 members (excludes halogenated alkanes) is 2. The molecule has 66 valence electrons. The molecule has 0 rings (SSSR count). The zero-order valence-corrected chi connectivity index (χ0v) is 8.06. The van der Waals surface area contributed by atoms with Crippen LogP contribution >= 0.6 is 12.9 Å². The zero-order valence-electron chi connectivity index (χ0n) is 7.17. The number of hydrogen-bond acceptors (Lipinski definition) is 3. The highest BCUT2D eigenvalue weighted by molar-refractivity contribution is 7.75. The van der Waals surface area contributed by atoms with E-state index in [9.17, 15) is 4.79 Å². The fourth-order valence-electron chi connectivity index (χ4n) is 0.908. The average Bonchev–Trinajstić information content (AvgIpc) is 2.03. The fraction of sp³-hybridized carbons (Fsp3) is 0.875. The van der Waals surface area contributed by atoms with Gasteiger partial charge in [-0.15, -0.1) is 0 Å². The Labute approximate surface area is 73.9 Å². The largest absolute Gasteiger partial charge is 0.394 e. The lowest BCUT2D eigenvalue weighted by atomic mass is 10.0. The lowest BCUT2D eigenvalue weighted by Gasteiger charge is -2.06. The van der Waals surface area contributed by atoms with E-state index >= 15 is 0 Å². The molecule has 0 saturated heterocycles. The Morgan fingerprint density at radius 1 is 1.55 bits per heavy atom. The second-order valence-electron chi connectivity index (χ2n) is 2.81. The van der Waals surface area contributed by atoms with Gasteiger partial charge < -0.3 is 4.18 Å². The van der Waals surface area contributed by atoms with E-state index in [1.54, 1.807) is 0 Å². The summed E-state index contributed by atoms with van der Waals surface area (Å²) in [6.45, 7) is 4.01. The smallest absolute Gasteiger partial charge is 0.320 e. The van der Waals surface area contributed by atoms with Gasteiger partial charge in [0.25, 0.3) is 0 Å². The van der Waals surface area contributed by atoms with Gasteiger partial charge in [-0.3, -0.25) is 4.79 Å². The van der Waals surface area contributed by atoms with Crippen LogP contribution < -0.4 is 0 Å². The van der Waals surface area contributed by atoms with Crippen molar-refractivity contribution < 1.29 is 8.98 Å². The van der Waals surface area contributed by atoms with Crippen LogP contribution in [0.2, 0.25) is 0 Å². The molecule has 0 saturated carbocycles. The first-order chi connectivity index (χ1) is 5.22. The maximum absolute atomic E-state index is 10.8.